The summed E-state index contributed by atoms with van der Waals surface area (Å²) in [6.07, 6.45) is -3.14. The Morgan fingerprint density at radius 2 is 2.13 bits per heavy atom. The summed E-state index contributed by atoms with van der Waals surface area (Å²) in [5.74, 6) is 0.717. The van der Waals surface area contributed by atoms with Gasteiger partial charge in [-0.25, -0.2) is 9.97 Å². The summed E-state index contributed by atoms with van der Waals surface area (Å²) in [4.78, 5) is 13.3. The maximum absolute atomic E-state index is 12.8. The number of rotatable bonds is 3. The average Bonchev–Trinajstić information content (AvgIpc) is 3.12. The Hall–Kier alpha value is -2.23. The van der Waals surface area contributed by atoms with Crippen LogP contribution in [-0.2, 0) is 10.9 Å². The van der Waals surface area contributed by atoms with Gasteiger partial charge in [-0.3, -0.25) is 0 Å². The van der Waals surface area contributed by atoms with E-state index in [0.29, 0.717) is 24.7 Å². The van der Waals surface area contributed by atoms with Crippen LogP contribution < -0.4 is 4.90 Å². The van der Waals surface area contributed by atoms with Crippen LogP contribution in [0.5, 0.6) is 0 Å². The van der Waals surface area contributed by atoms with Crippen LogP contribution in [0, 0.1) is 6.92 Å². The molecule has 2 aromatic rings. The van der Waals surface area contributed by atoms with E-state index in [1.807, 2.05) is 0 Å². The Bertz CT molecular complexity index is 690. The van der Waals surface area contributed by atoms with Crippen LogP contribution in [0.15, 0.2) is 16.8 Å². The van der Waals surface area contributed by atoms with Gasteiger partial charge in [-0.1, -0.05) is 5.16 Å². The van der Waals surface area contributed by atoms with Crippen LogP contribution in [0.2, 0.25) is 0 Å². The summed E-state index contributed by atoms with van der Waals surface area (Å²) in [7, 11) is 1.54. The molecule has 3 heterocycles. The molecule has 0 spiro atoms. The molecule has 10 heteroatoms. The number of anilines is 1. The van der Waals surface area contributed by atoms with Gasteiger partial charge in [0.05, 0.1) is 6.10 Å². The number of aryl methyl sites for hydroxylation is 1. The van der Waals surface area contributed by atoms with E-state index in [-0.39, 0.29) is 12.1 Å². The van der Waals surface area contributed by atoms with Crippen LogP contribution in [-0.4, -0.2) is 39.9 Å². The molecule has 23 heavy (non-hydrogen) atoms. The monoisotopic (exact) mass is 329 g/mol. The molecule has 2 aromatic heterocycles. The second kappa shape index (κ2) is 5.76. The molecule has 1 aliphatic rings. The van der Waals surface area contributed by atoms with Crippen LogP contribution in [0.4, 0.5) is 19.1 Å². The second-order valence-corrected chi connectivity index (χ2v) is 5.18. The number of methoxy groups -OCH3 is 1. The van der Waals surface area contributed by atoms with Crippen molar-refractivity contribution in [3.05, 3.63) is 29.7 Å². The summed E-state index contributed by atoms with van der Waals surface area (Å²) in [5, 5.41) is 3.72. The van der Waals surface area contributed by atoms with Crippen molar-refractivity contribution in [1.82, 2.24) is 20.1 Å². The van der Waals surface area contributed by atoms with Gasteiger partial charge in [0.2, 0.25) is 11.8 Å². The van der Waals surface area contributed by atoms with Crippen LogP contribution in [0.1, 0.15) is 29.9 Å². The molecule has 2 atom stereocenters. The summed E-state index contributed by atoms with van der Waals surface area (Å²) < 4.78 is 49.0. The second-order valence-electron chi connectivity index (χ2n) is 5.18. The lowest BCUT2D eigenvalue weighted by molar-refractivity contribution is -0.141. The van der Waals surface area contributed by atoms with E-state index in [0.717, 1.165) is 12.3 Å². The van der Waals surface area contributed by atoms with Gasteiger partial charge in [-0.05, 0) is 13.0 Å². The third-order valence-corrected chi connectivity index (χ3v) is 3.61. The highest BCUT2D eigenvalue weighted by Crippen LogP contribution is 2.36. The van der Waals surface area contributed by atoms with Crippen LogP contribution in [0.25, 0.3) is 0 Å². The van der Waals surface area contributed by atoms with E-state index in [1.54, 1.807) is 11.8 Å². The van der Waals surface area contributed by atoms with Crippen molar-refractivity contribution in [2.75, 3.05) is 18.6 Å². The van der Waals surface area contributed by atoms with Gasteiger partial charge < -0.3 is 14.2 Å². The van der Waals surface area contributed by atoms with E-state index in [1.165, 1.54) is 7.11 Å². The molecule has 0 aliphatic carbocycles. The van der Waals surface area contributed by atoms with E-state index in [2.05, 4.69) is 20.1 Å². The zero-order valence-corrected chi connectivity index (χ0v) is 12.4. The third-order valence-electron chi connectivity index (χ3n) is 3.61. The highest BCUT2D eigenvalue weighted by Gasteiger charge is 2.40. The minimum atomic E-state index is -4.53. The van der Waals surface area contributed by atoms with Crippen molar-refractivity contribution in [1.29, 1.82) is 0 Å². The molecule has 0 bridgehead atoms. The normalized spacial score (nSPS) is 21.9. The maximum Gasteiger partial charge on any atom is 0.433 e. The smallest absolute Gasteiger partial charge is 0.380 e. The third kappa shape index (κ3) is 3.11. The number of nitrogens with zero attached hydrogens (tertiary/aromatic N) is 5. The fourth-order valence-corrected chi connectivity index (χ4v) is 2.52. The van der Waals surface area contributed by atoms with Gasteiger partial charge >= 0.3 is 6.18 Å². The van der Waals surface area contributed by atoms with Crippen LogP contribution >= 0.6 is 0 Å². The van der Waals surface area contributed by atoms with E-state index in [9.17, 15) is 13.2 Å². The molecule has 7 nitrogen and oxygen atoms in total. The molecule has 0 radical (unpaired) electrons. The van der Waals surface area contributed by atoms with Crippen molar-refractivity contribution < 1.29 is 22.4 Å². The van der Waals surface area contributed by atoms with Crippen molar-refractivity contribution in [3.8, 4) is 0 Å². The summed E-state index contributed by atoms with van der Waals surface area (Å²) in [6, 6.07) is 0.406. The number of halogens is 3. The van der Waals surface area contributed by atoms with Crippen molar-refractivity contribution >= 4 is 5.95 Å². The Kier molecular flexibility index (Phi) is 3.92. The molecule has 0 N–H and O–H groups in total. The van der Waals surface area contributed by atoms with E-state index in [4.69, 9.17) is 9.26 Å². The van der Waals surface area contributed by atoms with Gasteiger partial charge in [0.15, 0.2) is 5.82 Å². The molecule has 0 aromatic carbocycles. The standard InChI is InChI=1S/C13H14F3N5O2/c1-7-18-11(23-20-7)9-5-8(22-2)6-21(9)12-17-4-3-10(19-12)13(14,15)16/h3-4,8-9H,5-6H2,1-2H3/t8-,9-/m1/s1. The highest BCUT2D eigenvalue weighted by atomic mass is 19.4. The predicted octanol–water partition coefficient (Wildman–Crippen LogP) is 2.15. The first kappa shape index (κ1) is 15.7. The lowest BCUT2D eigenvalue weighted by Gasteiger charge is -2.22. The van der Waals surface area contributed by atoms with Crippen molar-refractivity contribution in [2.45, 2.75) is 31.7 Å². The Balaban J connectivity index is 1.95. The molecule has 3 rings (SSSR count). The maximum atomic E-state index is 12.8. The fourth-order valence-electron chi connectivity index (χ4n) is 2.52. The zero-order chi connectivity index (χ0) is 16.6. The molecule has 1 aliphatic heterocycles. The first-order valence-electron chi connectivity index (χ1n) is 6.88. The van der Waals surface area contributed by atoms with Gasteiger partial charge in [-0.2, -0.15) is 18.2 Å². The number of ether oxygens (including phenoxy) is 1. The first-order chi connectivity index (χ1) is 10.9. The minimum absolute atomic E-state index is 0.0415. The SMILES string of the molecule is CO[C@@H]1C[C@H](c2nc(C)no2)N(c2nccc(C(F)(F)F)n2)C1. The fraction of sp³-hybridized carbons (Fsp3) is 0.538. The molecular weight excluding hydrogens is 315 g/mol. The molecule has 0 amide bonds. The number of alkyl halides is 3. The Morgan fingerprint density at radius 1 is 1.35 bits per heavy atom. The highest BCUT2D eigenvalue weighted by molar-refractivity contribution is 5.36. The van der Waals surface area contributed by atoms with Gasteiger partial charge in [0.25, 0.3) is 0 Å². The molecule has 0 saturated carbocycles. The lowest BCUT2D eigenvalue weighted by Crippen LogP contribution is -2.27. The van der Waals surface area contributed by atoms with Crippen molar-refractivity contribution in [3.63, 3.8) is 0 Å². The first-order valence-corrected chi connectivity index (χ1v) is 6.88. The Morgan fingerprint density at radius 3 is 2.74 bits per heavy atom. The molecular formula is C13H14F3N5O2. The number of aromatic nitrogens is 4. The van der Waals surface area contributed by atoms with Crippen molar-refractivity contribution in [2.24, 2.45) is 0 Å². The van der Waals surface area contributed by atoms with E-state index >= 15 is 0 Å². The topological polar surface area (TPSA) is 77.2 Å². The summed E-state index contributed by atoms with van der Waals surface area (Å²) >= 11 is 0. The molecule has 0 unspecified atom stereocenters. The summed E-state index contributed by atoms with van der Waals surface area (Å²) in [6.45, 7) is 2.00. The number of hydrogen-bond acceptors (Lipinski definition) is 7. The summed E-state index contributed by atoms with van der Waals surface area (Å²) in [5.41, 5.74) is -0.996. The lowest BCUT2D eigenvalue weighted by atomic mass is 10.2. The Labute approximate surface area is 129 Å². The quantitative estimate of drug-likeness (QED) is 0.854. The molecule has 1 fully saturated rings. The number of hydrogen-bond donors (Lipinski definition) is 0. The van der Waals surface area contributed by atoms with Crippen LogP contribution in [0.3, 0.4) is 0 Å². The molecule has 124 valence electrons. The zero-order valence-electron chi connectivity index (χ0n) is 12.4. The van der Waals surface area contributed by atoms with E-state index < -0.39 is 17.9 Å². The van der Waals surface area contributed by atoms with Gasteiger partial charge in [0.1, 0.15) is 11.7 Å². The largest absolute Gasteiger partial charge is 0.433 e. The minimum Gasteiger partial charge on any atom is -0.380 e. The van der Waals surface area contributed by atoms with Gasteiger partial charge in [-0.15, -0.1) is 0 Å². The molecule has 1 saturated heterocycles. The van der Waals surface area contributed by atoms with Gasteiger partial charge in [0, 0.05) is 26.3 Å². The average molecular weight is 329 g/mol. The predicted molar refractivity (Wildman–Crippen MR) is 71.6 cm³/mol.